The monoisotopic (exact) mass is 291 g/mol. The van der Waals surface area contributed by atoms with Gasteiger partial charge >= 0.3 is 0 Å². The summed E-state index contributed by atoms with van der Waals surface area (Å²) in [7, 11) is 0. The molecule has 0 radical (unpaired) electrons. The third-order valence-electron chi connectivity index (χ3n) is 4.15. The average molecular weight is 291 g/mol. The molecular formula is C15H18FN3O2. The summed E-state index contributed by atoms with van der Waals surface area (Å²) in [6, 6.07) is 2.94. The van der Waals surface area contributed by atoms with E-state index in [1.54, 1.807) is 11.0 Å². The second-order valence-electron chi connectivity index (χ2n) is 5.67. The van der Waals surface area contributed by atoms with Gasteiger partial charge in [0.15, 0.2) is 0 Å². The molecule has 1 aromatic rings. The lowest BCUT2D eigenvalue weighted by atomic mass is 9.98. The van der Waals surface area contributed by atoms with Crippen molar-refractivity contribution in [2.45, 2.75) is 31.7 Å². The van der Waals surface area contributed by atoms with Gasteiger partial charge in [0.25, 0.3) is 5.91 Å². The maximum atomic E-state index is 14.2. The number of nitrogens with zero attached hydrogens (tertiary/aromatic N) is 1. The Kier molecular flexibility index (Phi) is 3.63. The van der Waals surface area contributed by atoms with Gasteiger partial charge in [0, 0.05) is 31.2 Å². The standard InChI is InChI=1S/C15H18FN3O2/c16-12-8-13-9(1-2-14(20)18-13)7-11(12)15(21)19-5-3-10(17)4-6-19/h7-8,10H,1-6,17H2,(H,18,20). The number of likely N-dealkylation sites (tertiary alicyclic amines) is 1. The minimum absolute atomic E-state index is 0.0837. The third-order valence-corrected chi connectivity index (χ3v) is 4.15. The topological polar surface area (TPSA) is 75.4 Å². The number of halogens is 1. The maximum absolute atomic E-state index is 14.2. The SMILES string of the molecule is NC1CCN(C(=O)c2cc3c(cc2F)NC(=O)CC3)CC1. The van der Waals surface area contributed by atoms with Crippen LogP contribution in [0.15, 0.2) is 12.1 Å². The van der Waals surface area contributed by atoms with Crippen LogP contribution in [0.1, 0.15) is 35.2 Å². The van der Waals surface area contributed by atoms with Crippen LogP contribution in [-0.2, 0) is 11.2 Å². The van der Waals surface area contributed by atoms with Crippen molar-refractivity contribution in [2.24, 2.45) is 5.73 Å². The van der Waals surface area contributed by atoms with Crippen LogP contribution in [0.2, 0.25) is 0 Å². The molecule has 0 saturated carbocycles. The Balaban J connectivity index is 1.85. The normalized spacial score (nSPS) is 19.1. The van der Waals surface area contributed by atoms with Crippen LogP contribution in [-0.4, -0.2) is 35.8 Å². The zero-order valence-electron chi connectivity index (χ0n) is 11.7. The van der Waals surface area contributed by atoms with Crippen molar-refractivity contribution < 1.29 is 14.0 Å². The molecule has 0 spiro atoms. The molecule has 2 aliphatic heterocycles. The van der Waals surface area contributed by atoms with Gasteiger partial charge in [0.1, 0.15) is 5.82 Å². The second-order valence-corrected chi connectivity index (χ2v) is 5.67. The maximum Gasteiger partial charge on any atom is 0.256 e. The van der Waals surface area contributed by atoms with Crippen LogP contribution >= 0.6 is 0 Å². The third kappa shape index (κ3) is 2.76. The molecule has 5 nitrogen and oxygen atoms in total. The van der Waals surface area contributed by atoms with Gasteiger partial charge in [-0.1, -0.05) is 0 Å². The van der Waals surface area contributed by atoms with E-state index in [0.717, 1.165) is 18.4 Å². The fourth-order valence-electron chi connectivity index (χ4n) is 2.84. The number of piperidine rings is 1. The van der Waals surface area contributed by atoms with Crippen LogP contribution in [0.5, 0.6) is 0 Å². The Morgan fingerprint density at radius 2 is 2.00 bits per heavy atom. The largest absolute Gasteiger partial charge is 0.338 e. The van der Waals surface area contributed by atoms with E-state index in [9.17, 15) is 14.0 Å². The van der Waals surface area contributed by atoms with Gasteiger partial charge in [-0.05, 0) is 37.0 Å². The summed E-state index contributed by atoms with van der Waals surface area (Å²) < 4.78 is 14.2. The number of rotatable bonds is 1. The first-order valence-corrected chi connectivity index (χ1v) is 7.21. The van der Waals surface area contributed by atoms with Crippen molar-refractivity contribution in [3.8, 4) is 0 Å². The summed E-state index contributed by atoms with van der Waals surface area (Å²) >= 11 is 0. The summed E-state index contributed by atoms with van der Waals surface area (Å²) in [6.07, 6.45) is 2.39. The molecular weight excluding hydrogens is 273 g/mol. The Morgan fingerprint density at radius 1 is 1.29 bits per heavy atom. The molecule has 112 valence electrons. The highest BCUT2D eigenvalue weighted by Gasteiger charge is 2.26. The van der Waals surface area contributed by atoms with Crippen LogP contribution in [0.4, 0.5) is 10.1 Å². The van der Waals surface area contributed by atoms with Gasteiger partial charge in [0.2, 0.25) is 5.91 Å². The molecule has 0 atom stereocenters. The summed E-state index contributed by atoms with van der Waals surface area (Å²) in [5.41, 5.74) is 7.19. The molecule has 0 unspecified atom stereocenters. The Labute approximate surface area is 122 Å². The number of hydrogen-bond donors (Lipinski definition) is 2. The fraction of sp³-hybridized carbons (Fsp3) is 0.467. The van der Waals surface area contributed by atoms with Gasteiger partial charge in [-0.15, -0.1) is 0 Å². The average Bonchev–Trinajstić information content (AvgIpc) is 2.46. The number of hydrogen-bond acceptors (Lipinski definition) is 3. The molecule has 2 heterocycles. The lowest BCUT2D eigenvalue weighted by Crippen LogP contribution is -2.43. The lowest BCUT2D eigenvalue weighted by molar-refractivity contribution is -0.116. The van der Waals surface area contributed by atoms with E-state index in [4.69, 9.17) is 5.73 Å². The summed E-state index contributed by atoms with van der Waals surface area (Å²) in [5.74, 6) is -0.999. The number of amides is 2. The van der Waals surface area contributed by atoms with Crippen molar-refractivity contribution in [3.63, 3.8) is 0 Å². The number of fused-ring (bicyclic) bond motifs is 1. The number of carbonyl (C=O) groups is 2. The van der Waals surface area contributed by atoms with Gasteiger partial charge in [-0.2, -0.15) is 0 Å². The molecule has 3 N–H and O–H groups in total. The number of benzene rings is 1. The highest BCUT2D eigenvalue weighted by Crippen LogP contribution is 2.27. The molecule has 0 aliphatic carbocycles. The van der Waals surface area contributed by atoms with E-state index in [1.165, 1.54) is 6.07 Å². The van der Waals surface area contributed by atoms with Crippen molar-refractivity contribution in [2.75, 3.05) is 18.4 Å². The molecule has 0 aromatic heterocycles. The summed E-state index contributed by atoms with van der Waals surface area (Å²) in [6.45, 7) is 1.13. The number of nitrogens with two attached hydrogens (primary N) is 1. The summed E-state index contributed by atoms with van der Waals surface area (Å²) in [4.78, 5) is 25.4. The highest BCUT2D eigenvalue weighted by atomic mass is 19.1. The van der Waals surface area contributed by atoms with Gasteiger partial charge < -0.3 is 16.0 Å². The van der Waals surface area contributed by atoms with Gasteiger partial charge in [0.05, 0.1) is 5.56 Å². The van der Waals surface area contributed by atoms with Crippen LogP contribution in [0.3, 0.4) is 0 Å². The molecule has 1 aromatic carbocycles. The van der Waals surface area contributed by atoms with Crippen LogP contribution in [0.25, 0.3) is 0 Å². The highest BCUT2D eigenvalue weighted by molar-refractivity contribution is 5.98. The van der Waals surface area contributed by atoms with Crippen LogP contribution < -0.4 is 11.1 Å². The second kappa shape index (κ2) is 5.44. The van der Waals surface area contributed by atoms with E-state index in [1.807, 2.05) is 0 Å². The van der Waals surface area contributed by atoms with Crippen molar-refractivity contribution in [1.82, 2.24) is 4.90 Å². The minimum atomic E-state index is -0.587. The Hall–Kier alpha value is -1.95. The van der Waals surface area contributed by atoms with Gasteiger partial charge in [-0.3, -0.25) is 9.59 Å². The Morgan fingerprint density at radius 3 is 2.71 bits per heavy atom. The first kappa shape index (κ1) is 14.0. The Bertz CT molecular complexity index is 595. The smallest absolute Gasteiger partial charge is 0.256 e. The first-order valence-electron chi connectivity index (χ1n) is 7.21. The number of anilines is 1. The summed E-state index contributed by atoms with van der Waals surface area (Å²) in [5, 5.41) is 2.63. The zero-order chi connectivity index (χ0) is 15.0. The molecule has 3 rings (SSSR count). The molecule has 21 heavy (non-hydrogen) atoms. The predicted octanol–water partition coefficient (Wildman–Crippen LogP) is 1.27. The molecule has 1 fully saturated rings. The van der Waals surface area contributed by atoms with E-state index in [-0.39, 0.29) is 23.4 Å². The molecule has 6 heteroatoms. The quantitative estimate of drug-likeness (QED) is 0.818. The molecule has 1 saturated heterocycles. The van der Waals surface area contributed by atoms with E-state index in [0.29, 0.717) is 31.6 Å². The van der Waals surface area contributed by atoms with E-state index >= 15 is 0 Å². The van der Waals surface area contributed by atoms with Crippen molar-refractivity contribution >= 4 is 17.5 Å². The molecule has 2 aliphatic rings. The number of carbonyl (C=O) groups excluding carboxylic acids is 2. The van der Waals surface area contributed by atoms with Crippen LogP contribution in [0, 0.1) is 5.82 Å². The number of aryl methyl sites for hydroxylation is 1. The van der Waals surface area contributed by atoms with Crippen molar-refractivity contribution in [3.05, 3.63) is 29.1 Å². The minimum Gasteiger partial charge on any atom is -0.338 e. The lowest BCUT2D eigenvalue weighted by Gasteiger charge is -2.30. The first-order chi connectivity index (χ1) is 10.0. The predicted molar refractivity (Wildman–Crippen MR) is 76.5 cm³/mol. The molecule has 0 bridgehead atoms. The fourth-order valence-corrected chi connectivity index (χ4v) is 2.84. The van der Waals surface area contributed by atoms with E-state index < -0.39 is 5.82 Å². The van der Waals surface area contributed by atoms with E-state index in [2.05, 4.69) is 5.32 Å². The number of nitrogens with one attached hydrogen (secondary N) is 1. The van der Waals surface area contributed by atoms with Crippen molar-refractivity contribution in [1.29, 1.82) is 0 Å². The zero-order valence-corrected chi connectivity index (χ0v) is 11.7. The van der Waals surface area contributed by atoms with Gasteiger partial charge in [-0.25, -0.2) is 4.39 Å². The molecule has 2 amide bonds.